The van der Waals surface area contributed by atoms with Crippen molar-refractivity contribution in [3.05, 3.63) is 88.5 Å². The Balaban J connectivity index is 1.66. The SMILES string of the molecule is CN1/C(=C\N=C2C(=O)c3cccnc3-c3ncccc32)C(C)(C)c2cc(Cl)ccc21. The highest BCUT2D eigenvalue weighted by Gasteiger charge is 2.39. The average Bonchev–Trinajstić information content (AvgIpc) is 2.93. The standard InChI is InChI=1S/C24H19ClN4O/c1-24(2)17-12-14(25)8-9-18(17)29(3)19(24)13-28-22-15-6-4-10-26-20(15)21-16(23(22)30)7-5-11-27-21/h4-13H,1-3H3/b19-13-,28-22?. The van der Waals surface area contributed by atoms with Gasteiger partial charge in [-0.2, -0.15) is 0 Å². The van der Waals surface area contributed by atoms with Gasteiger partial charge >= 0.3 is 0 Å². The molecule has 1 aliphatic carbocycles. The molecule has 3 aromatic rings. The van der Waals surface area contributed by atoms with Gasteiger partial charge in [0, 0.05) is 53.0 Å². The fourth-order valence-corrected chi connectivity index (χ4v) is 4.47. The quantitative estimate of drug-likeness (QED) is 0.559. The fraction of sp³-hybridized carbons (Fsp3) is 0.167. The van der Waals surface area contributed by atoms with Crippen molar-refractivity contribution in [1.29, 1.82) is 0 Å². The highest BCUT2D eigenvalue weighted by molar-refractivity contribution is 6.54. The number of Topliss-reactive ketones (excluding diaryl/α,β-unsaturated/α-hetero) is 1. The van der Waals surface area contributed by atoms with Crippen molar-refractivity contribution < 1.29 is 4.79 Å². The van der Waals surface area contributed by atoms with Crippen molar-refractivity contribution in [3.8, 4) is 11.4 Å². The number of nitrogens with zero attached hydrogens (tertiary/aromatic N) is 4. The van der Waals surface area contributed by atoms with Crippen molar-refractivity contribution in [1.82, 2.24) is 9.97 Å². The Morgan fingerprint density at radius 1 is 1.03 bits per heavy atom. The molecule has 30 heavy (non-hydrogen) atoms. The Hall–Kier alpha value is -3.31. The molecule has 3 heterocycles. The summed E-state index contributed by atoms with van der Waals surface area (Å²) in [5.41, 5.74) is 5.79. The molecule has 1 aromatic carbocycles. The Morgan fingerprint density at radius 3 is 2.43 bits per heavy atom. The number of likely N-dealkylation sites (N-methyl/N-ethyl adjacent to an activating group) is 1. The summed E-state index contributed by atoms with van der Waals surface area (Å²) in [5, 5.41) is 0.703. The van der Waals surface area contributed by atoms with Crippen LogP contribution in [-0.4, -0.2) is 28.5 Å². The molecule has 0 spiro atoms. The number of carbonyl (C=O) groups is 1. The van der Waals surface area contributed by atoms with Crippen LogP contribution in [0.1, 0.15) is 35.3 Å². The smallest absolute Gasteiger partial charge is 0.214 e. The lowest BCUT2D eigenvalue weighted by atomic mass is 9.84. The van der Waals surface area contributed by atoms with Crippen LogP contribution in [0.2, 0.25) is 5.02 Å². The third-order valence-corrected chi connectivity index (χ3v) is 6.10. The topological polar surface area (TPSA) is 58.5 Å². The molecule has 0 saturated carbocycles. The second-order valence-corrected chi connectivity index (χ2v) is 8.40. The number of carbonyl (C=O) groups excluding carboxylic acids is 1. The number of fused-ring (bicyclic) bond motifs is 4. The van der Waals surface area contributed by atoms with E-state index in [1.54, 1.807) is 30.7 Å². The van der Waals surface area contributed by atoms with E-state index >= 15 is 0 Å². The monoisotopic (exact) mass is 414 g/mol. The Morgan fingerprint density at radius 2 is 1.70 bits per heavy atom. The number of hydrogen-bond acceptors (Lipinski definition) is 5. The molecule has 5 nitrogen and oxygen atoms in total. The summed E-state index contributed by atoms with van der Waals surface area (Å²) in [6.07, 6.45) is 5.17. The van der Waals surface area contributed by atoms with Crippen LogP contribution in [-0.2, 0) is 5.41 Å². The zero-order chi connectivity index (χ0) is 21.0. The minimum atomic E-state index is -0.298. The largest absolute Gasteiger partial charge is 0.346 e. The minimum Gasteiger partial charge on any atom is -0.346 e. The molecule has 0 atom stereocenters. The number of halogens is 1. The second-order valence-electron chi connectivity index (χ2n) is 7.97. The van der Waals surface area contributed by atoms with Gasteiger partial charge in [-0.05, 0) is 48.0 Å². The highest BCUT2D eigenvalue weighted by Crippen LogP contribution is 2.47. The summed E-state index contributed by atoms with van der Waals surface area (Å²) in [6, 6.07) is 13.1. The summed E-state index contributed by atoms with van der Waals surface area (Å²) >= 11 is 6.25. The van der Waals surface area contributed by atoms with E-state index in [0.29, 0.717) is 33.2 Å². The summed E-state index contributed by atoms with van der Waals surface area (Å²) in [5.74, 6) is -0.144. The molecule has 0 radical (unpaired) electrons. The Bertz CT molecular complexity index is 1280. The molecule has 5 rings (SSSR count). The van der Waals surface area contributed by atoms with Crippen molar-refractivity contribution >= 4 is 28.8 Å². The van der Waals surface area contributed by atoms with Gasteiger partial charge in [0.15, 0.2) is 0 Å². The third-order valence-electron chi connectivity index (χ3n) is 5.87. The highest BCUT2D eigenvalue weighted by atomic mass is 35.5. The van der Waals surface area contributed by atoms with Crippen LogP contribution in [0.4, 0.5) is 5.69 Å². The zero-order valence-electron chi connectivity index (χ0n) is 16.8. The van der Waals surface area contributed by atoms with E-state index < -0.39 is 0 Å². The van der Waals surface area contributed by atoms with E-state index in [2.05, 4.69) is 28.7 Å². The maximum atomic E-state index is 13.2. The molecule has 0 fully saturated rings. The number of hydrogen-bond donors (Lipinski definition) is 0. The van der Waals surface area contributed by atoms with Gasteiger partial charge in [-0.25, -0.2) is 0 Å². The number of rotatable bonds is 1. The van der Waals surface area contributed by atoms with Crippen LogP contribution in [0.5, 0.6) is 0 Å². The third kappa shape index (κ3) is 2.62. The van der Waals surface area contributed by atoms with Crippen LogP contribution in [0.15, 0.2) is 71.7 Å². The van der Waals surface area contributed by atoms with Crippen molar-refractivity contribution in [2.45, 2.75) is 19.3 Å². The number of anilines is 1. The molecule has 0 amide bonds. The van der Waals surface area contributed by atoms with Gasteiger partial charge in [0.05, 0.1) is 11.3 Å². The summed E-state index contributed by atoms with van der Waals surface area (Å²) in [6.45, 7) is 4.27. The predicted molar refractivity (Wildman–Crippen MR) is 119 cm³/mol. The second kappa shape index (κ2) is 6.61. The molecular weight excluding hydrogens is 396 g/mol. The number of ketones is 1. The maximum Gasteiger partial charge on any atom is 0.214 e. The molecule has 1 aliphatic heterocycles. The Kier molecular flexibility index (Phi) is 4.12. The van der Waals surface area contributed by atoms with E-state index in [9.17, 15) is 4.79 Å². The number of allylic oxidation sites excluding steroid dienone is 1. The lowest BCUT2D eigenvalue weighted by molar-refractivity contribution is 0.106. The van der Waals surface area contributed by atoms with Crippen molar-refractivity contribution in [3.63, 3.8) is 0 Å². The first kappa shape index (κ1) is 18.7. The van der Waals surface area contributed by atoms with Gasteiger partial charge in [-0.15, -0.1) is 0 Å². The van der Waals surface area contributed by atoms with Gasteiger partial charge in [-0.1, -0.05) is 25.4 Å². The first-order chi connectivity index (χ1) is 14.4. The lowest BCUT2D eigenvalue weighted by Crippen LogP contribution is -2.25. The van der Waals surface area contributed by atoms with E-state index in [0.717, 1.165) is 16.9 Å². The summed E-state index contributed by atoms with van der Waals surface area (Å²) in [7, 11) is 2.00. The minimum absolute atomic E-state index is 0.144. The van der Waals surface area contributed by atoms with E-state index in [1.165, 1.54) is 0 Å². The molecule has 0 N–H and O–H groups in total. The van der Waals surface area contributed by atoms with Gasteiger partial charge in [0.1, 0.15) is 11.4 Å². The molecular formula is C24H19ClN4O. The molecule has 0 saturated heterocycles. The Labute approximate surface area is 179 Å². The van der Waals surface area contributed by atoms with E-state index in [4.69, 9.17) is 16.6 Å². The first-order valence-electron chi connectivity index (χ1n) is 9.67. The lowest BCUT2D eigenvalue weighted by Gasteiger charge is -2.23. The fourth-order valence-electron chi connectivity index (χ4n) is 4.30. The molecule has 148 valence electrons. The predicted octanol–water partition coefficient (Wildman–Crippen LogP) is 5.05. The van der Waals surface area contributed by atoms with Crippen LogP contribution >= 0.6 is 11.6 Å². The average molecular weight is 415 g/mol. The maximum absolute atomic E-state index is 13.2. The van der Waals surface area contributed by atoms with Crippen LogP contribution < -0.4 is 4.90 Å². The van der Waals surface area contributed by atoms with Crippen LogP contribution in [0.25, 0.3) is 11.4 Å². The van der Waals surface area contributed by atoms with Gasteiger partial charge in [-0.3, -0.25) is 19.8 Å². The number of pyridine rings is 2. The van der Waals surface area contributed by atoms with E-state index in [1.807, 2.05) is 37.4 Å². The normalized spacial score (nSPS) is 19.1. The van der Waals surface area contributed by atoms with Gasteiger partial charge in [0.2, 0.25) is 5.78 Å². The van der Waals surface area contributed by atoms with Crippen LogP contribution in [0.3, 0.4) is 0 Å². The number of aliphatic imine (C=N–C) groups is 1. The molecule has 0 unspecified atom stereocenters. The molecule has 2 aromatic heterocycles. The molecule has 2 aliphatic rings. The molecule has 6 heteroatoms. The van der Waals surface area contributed by atoms with Crippen molar-refractivity contribution in [2.24, 2.45) is 4.99 Å². The number of benzene rings is 1. The van der Waals surface area contributed by atoms with Gasteiger partial charge in [0.25, 0.3) is 0 Å². The van der Waals surface area contributed by atoms with Gasteiger partial charge < -0.3 is 4.90 Å². The van der Waals surface area contributed by atoms with Crippen LogP contribution in [0, 0.1) is 0 Å². The zero-order valence-corrected chi connectivity index (χ0v) is 17.6. The summed E-state index contributed by atoms with van der Waals surface area (Å²) in [4.78, 5) is 28.9. The van der Waals surface area contributed by atoms with E-state index in [-0.39, 0.29) is 11.2 Å². The van der Waals surface area contributed by atoms with Crippen molar-refractivity contribution in [2.75, 3.05) is 11.9 Å². The number of aromatic nitrogens is 2. The first-order valence-corrected chi connectivity index (χ1v) is 10.0. The molecule has 0 bridgehead atoms. The summed E-state index contributed by atoms with van der Waals surface area (Å²) < 4.78 is 0.